The van der Waals surface area contributed by atoms with Gasteiger partial charge in [0.25, 0.3) is 0 Å². The summed E-state index contributed by atoms with van der Waals surface area (Å²) >= 11 is 0. The topological polar surface area (TPSA) is 0 Å². The summed E-state index contributed by atoms with van der Waals surface area (Å²) in [7, 11) is 0. The molecule has 0 aromatic heterocycles. The van der Waals surface area contributed by atoms with E-state index in [1.54, 1.807) is 0 Å². The molecule has 0 nitrogen and oxygen atoms in total. The van der Waals surface area contributed by atoms with Gasteiger partial charge >= 0.3 is 19.5 Å². The fourth-order valence-electron chi connectivity index (χ4n) is 0. The third-order valence-electron chi connectivity index (χ3n) is 0. The standard InChI is InChI=1S/CF3.Ru/c2-1(3)4;/q-1;+3. The van der Waals surface area contributed by atoms with Crippen LogP contribution in [0.3, 0.4) is 0 Å². The number of rotatable bonds is 0. The van der Waals surface area contributed by atoms with Crippen molar-refractivity contribution in [2.45, 2.75) is 0 Å². The maximum absolute atomic E-state index is 9.58. The van der Waals surface area contributed by atoms with Crippen LogP contribution >= 0.6 is 0 Å². The maximum atomic E-state index is 9.58. The molecule has 0 unspecified atom stereocenters. The summed E-state index contributed by atoms with van der Waals surface area (Å²) in [5.41, 5.74) is 0. The molecule has 0 aromatic carbocycles. The molecule has 0 saturated carbocycles. The van der Waals surface area contributed by atoms with E-state index in [1.807, 2.05) is 0 Å². The molecule has 4 heteroatoms. The van der Waals surface area contributed by atoms with Crippen molar-refractivity contribution in [1.29, 1.82) is 0 Å². The van der Waals surface area contributed by atoms with Crippen LogP contribution in [0.15, 0.2) is 0 Å². The minimum Gasteiger partial charge on any atom is -0.385 e. The molecule has 0 aliphatic carbocycles. The normalized spacial score (nSPS) is 7.20. The van der Waals surface area contributed by atoms with Crippen LogP contribution < -0.4 is 0 Å². The van der Waals surface area contributed by atoms with Crippen molar-refractivity contribution in [1.82, 2.24) is 0 Å². The minimum atomic E-state index is -3.08. The summed E-state index contributed by atoms with van der Waals surface area (Å²) in [6.45, 7) is -3.08. The van der Waals surface area contributed by atoms with E-state index in [0.29, 0.717) is 0 Å². The fourth-order valence-corrected chi connectivity index (χ4v) is 0. The Kier molecular flexibility index (Phi) is 7.99. The molecule has 5 heavy (non-hydrogen) atoms. The molecule has 0 saturated heterocycles. The van der Waals surface area contributed by atoms with E-state index in [4.69, 9.17) is 0 Å². The number of hydrogen-bond donors (Lipinski definition) is 0. The summed E-state index contributed by atoms with van der Waals surface area (Å²) in [5, 5.41) is 0. The van der Waals surface area contributed by atoms with Crippen molar-refractivity contribution in [3.8, 4) is 0 Å². The van der Waals surface area contributed by atoms with Crippen molar-refractivity contribution in [3.05, 3.63) is 6.68 Å². The molecule has 0 heterocycles. The Morgan fingerprint density at radius 1 is 1.00 bits per heavy atom. The first-order valence-corrected chi connectivity index (χ1v) is 0.567. The molecule has 0 bridgehead atoms. The predicted molar refractivity (Wildman–Crippen MR) is 6.57 cm³/mol. The van der Waals surface area contributed by atoms with Gasteiger partial charge in [0.15, 0.2) is 6.68 Å². The molecule has 0 aliphatic rings. The van der Waals surface area contributed by atoms with Crippen LogP contribution in [-0.4, -0.2) is 0 Å². The first-order chi connectivity index (χ1) is 1.73. The molecule has 0 fully saturated rings. The van der Waals surface area contributed by atoms with Crippen molar-refractivity contribution in [3.63, 3.8) is 0 Å². The Hall–Kier alpha value is 0.413. The van der Waals surface area contributed by atoms with Gasteiger partial charge < -0.3 is 13.2 Å². The van der Waals surface area contributed by atoms with Gasteiger partial charge in [0.05, 0.1) is 0 Å². The van der Waals surface area contributed by atoms with Crippen LogP contribution in [0.25, 0.3) is 0 Å². The first-order valence-electron chi connectivity index (χ1n) is 0.567. The summed E-state index contributed by atoms with van der Waals surface area (Å²) in [5.74, 6) is 0. The van der Waals surface area contributed by atoms with Gasteiger partial charge in [-0.15, -0.1) is 0 Å². The third-order valence-corrected chi connectivity index (χ3v) is 0. The second-order valence-corrected chi connectivity index (χ2v) is 0.214. The molecule has 0 N–H and O–H groups in total. The second kappa shape index (κ2) is 4.41. The largest absolute Gasteiger partial charge is 3.00 e. The van der Waals surface area contributed by atoms with E-state index < -0.39 is 6.68 Å². The molecular weight excluding hydrogens is 170 g/mol. The number of hydrogen-bond acceptors (Lipinski definition) is 0. The van der Waals surface area contributed by atoms with Gasteiger partial charge in [-0.1, -0.05) is 0 Å². The smallest absolute Gasteiger partial charge is 0.385 e. The predicted octanol–water partition coefficient (Wildman–Crippen LogP) is 1.34. The number of halogens is 3. The van der Waals surface area contributed by atoms with Crippen LogP contribution in [-0.2, 0) is 19.5 Å². The summed E-state index contributed by atoms with van der Waals surface area (Å²) in [4.78, 5) is 0. The van der Waals surface area contributed by atoms with Crippen LogP contribution in [0.5, 0.6) is 0 Å². The van der Waals surface area contributed by atoms with E-state index in [-0.39, 0.29) is 19.5 Å². The average molecular weight is 170 g/mol. The second-order valence-electron chi connectivity index (χ2n) is 0.214. The van der Waals surface area contributed by atoms with Gasteiger partial charge in [0.1, 0.15) is 0 Å². The zero-order valence-corrected chi connectivity index (χ0v) is 3.73. The monoisotopic (exact) mass is 171 g/mol. The van der Waals surface area contributed by atoms with Crippen molar-refractivity contribution < 1.29 is 32.6 Å². The van der Waals surface area contributed by atoms with Gasteiger partial charge in [0.2, 0.25) is 0 Å². The van der Waals surface area contributed by atoms with Gasteiger partial charge in [-0.3, -0.25) is 0 Å². The molecule has 0 rings (SSSR count). The van der Waals surface area contributed by atoms with Crippen LogP contribution in [0.2, 0.25) is 0 Å². The van der Waals surface area contributed by atoms with Gasteiger partial charge in [-0.05, 0) is 0 Å². The van der Waals surface area contributed by atoms with E-state index >= 15 is 0 Å². The molecule has 0 aliphatic heterocycles. The Morgan fingerprint density at radius 3 is 1.00 bits per heavy atom. The van der Waals surface area contributed by atoms with Gasteiger partial charge in [-0.25, -0.2) is 0 Å². The Labute approximate surface area is 40.1 Å². The zero-order valence-electron chi connectivity index (χ0n) is 1.99. The summed E-state index contributed by atoms with van der Waals surface area (Å²) in [6, 6.07) is 0. The third kappa shape index (κ3) is 150. The van der Waals surface area contributed by atoms with E-state index in [2.05, 4.69) is 0 Å². The molecule has 0 aromatic rings. The Morgan fingerprint density at radius 2 is 1.00 bits per heavy atom. The zero-order chi connectivity index (χ0) is 3.58. The average Bonchev–Trinajstić information content (AvgIpc) is 0.811. The van der Waals surface area contributed by atoms with Crippen molar-refractivity contribution >= 4 is 0 Å². The molecular formula is CF3Ru+2. The van der Waals surface area contributed by atoms with Gasteiger partial charge in [0, 0.05) is 0 Å². The van der Waals surface area contributed by atoms with Crippen molar-refractivity contribution in [2.75, 3.05) is 0 Å². The quantitative estimate of drug-likeness (QED) is 0.380. The summed E-state index contributed by atoms with van der Waals surface area (Å²) in [6.07, 6.45) is 0. The summed E-state index contributed by atoms with van der Waals surface area (Å²) < 4.78 is 28.8. The van der Waals surface area contributed by atoms with E-state index in [0.717, 1.165) is 0 Å². The van der Waals surface area contributed by atoms with E-state index in [9.17, 15) is 13.2 Å². The Bertz CT molecular complexity index is 11.6. The van der Waals surface area contributed by atoms with Crippen LogP contribution in [0.1, 0.15) is 0 Å². The first kappa shape index (κ1) is 9.05. The van der Waals surface area contributed by atoms with Gasteiger partial charge in [-0.2, -0.15) is 0 Å². The molecule has 31 valence electrons. The Balaban J connectivity index is 0. The van der Waals surface area contributed by atoms with Crippen molar-refractivity contribution in [2.24, 2.45) is 0 Å². The maximum Gasteiger partial charge on any atom is 3.00 e. The molecule has 0 atom stereocenters. The molecule has 0 amide bonds. The molecule has 0 spiro atoms. The SMILES string of the molecule is F[C-](F)F.[Ru+3]. The van der Waals surface area contributed by atoms with Crippen LogP contribution in [0.4, 0.5) is 13.2 Å². The fraction of sp³-hybridized carbons (Fsp3) is 0. The minimum absolute atomic E-state index is 0. The van der Waals surface area contributed by atoms with Crippen LogP contribution in [0, 0.1) is 6.68 Å². The van der Waals surface area contributed by atoms with E-state index in [1.165, 1.54) is 0 Å². The molecule has 1 radical (unpaired) electrons.